The quantitative estimate of drug-likeness (QED) is 0.475. The molecule has 0 saturated heterocycles. The van der Waals surface area contributed by atoms with Gasteiger partial charge in [-0.3, -0.25) is 14.9 Å². The Kier molecular flexibility index (Phi) is 4.85. The number of amides is 2. The van der Waals surface area contributed by atoms with Crippen LogP contribution in [0.3, 0.4) is 0 Å². The van der Waals surface area contributed by atoms with E-state index in [1.807, 2.05) is 23.6 Å². The fraction of sp³-hybridized carbons (Fsp3) is 0.0455. The lowest BCUT2D eigenvalue weighted by Crippen LogP contribution is -2.13. The van der Waals surface area contributed by atoms with Crippen LogP contribution in [0.5, 0.6) is 11.5 Å². The van der Waals surface area contributed by atoms with Crippen LogP contribution in [0.25, 0.3) is 11.3 Å². The number of hydrogen-bond acceptors (Lipinski definition) is 7. The molecular formula is C22H15N3O5S. The molecule has 31 heavy (non-hydrogen) atoms. The Labute approximate surface area is 180 Å². The molecule has 0 radical (unpaired) electrons. The molecule has 0 saturated carbocycles. The van der Waals surface area contributed by atoms with E-state index < -0.39 is 0 Å². The van der Waals surface area contributed by atoms with Crippen molar-refractivity contribution < 1.29 is 23.5 Å². The molecule has 0 unspecified atom stereocenters. The molecule has 0 spiro atoms. The Morgan fingerprint density at radius 2 is 1.77 bits per heavy atom. The largest absolute Gasteiger partial charge is 0.459 e. The lowest BCUT2D eigenvalue weighted by atomic mass is 10.1. The molecule has 3 heterocycles. The molecule has 1 aliphatic rings. The zero-order chi connectivity index (χ0) is 21.2. The van der Waals surface area contributed by atoms with Gasteiger partial charge in [-0.25, -0.2) is 4.98 Å². The minimum atomic E-state index is -0.360. The van der Waals surface area contributed by atoms with E-state index in [2.05, 4.69) is 15.6 Å². The maximum atomic E-state index is 12.6. The van der Waals surface area contributed by atoms with E-state index >= 15 is 0 Å². The summed E-state index contributed by atoms with van der Waals surface area (Å²) in [5.41, 5.74) is 2.60. The molecule has 4 aromatic rings. The number of carbonyl (C=O) groups is 2. The van der Waals surface area contributed by atoms with Crippen molar-refractivity contribution in [2.24, 2.45) is 0 Å². The van der Waals surface area contributed by atoms with Crippen LogP contribution in [-0.2, 0) is 0 Å². The van der Waals surface area contributed by atoms with Gasteiger partial charge in [-0.15, -0.1) is 11.3 Å². The smallest absolute Gasteiger partial charge is 0.291 e. The number of rotatable bonds is 5. The summed E-state index contributed by atoms with van der Waals surface area (Å²) in [5, 5.41) is 7.84. The van der Waals surface area contributed by atoms with E-state index in [1.165, 1.54) is 17.6 Å². The molecule has 2 aromatic carbocycles. The van der Waals surface area contributed by atoms with Crippen molar-refractivity contribution in [3.8, 4) is 22.8 Å². The standard InChI is InChI=1S/C22H15N3O5S/c26-20(13-3-6-15(7-4-13)23-21(27)18-2-1-9-28-18)25-22-24-16(11-31-22)14-5-8-17-19(10-14)30-12-29-17/h1-11H,12H2,(H,23,27)(H,24,25,26). The molecule has 5 rings (SSSR count). The highest BCUT2D eigenvalue weighted by Crippen LogP contribution is 2.36. The second kappa shape index (κ2) is 7.96. The van der Waals surface area contributed by atoms with E-state index in [4.69, 9.17) is 13.9 Å². The Morgan fingerprint density at radius 3 is 2.58 bits per heavy atom. The zero-order valence-corrected chi connectivity index (χ0v) is 16.8. The topological polar surface area (TPSA) is 103 Å². The van der Waals surface area contributed by atoms with Crippen LogP contribution in [0, 0.1) is 0 Å². The number of anilines is 2. The number of nitrogens with zero attached hydrogens (tertiary/aromatic N) is 1. The van der Waals surface area contributed by atoms with E-state index in [0.29, 0.717) is 27.9 Å². The van der Waals surface area contributed by atoms with Gasteiger partial charge in [0.15, 0.2) is 22.4 Å². The van der Waals surface area contributed by atoms with Crippen molar-refractivity contribution in [3.63, 3.8) is 0 Å². The molecule has 0 atom stereocenters. The third-order valence-electron chi connectivity index (χ3n) is 4.54. The Hall–Kier alpha value is -4.11. The third-order valence-corrected chi connectivity index (χ3v) is 5.30. The number of ether oxygens (including phenoxy) is 2. The van der Waals surface area contributed by atoms with Crippen molar-refractivity contribution in [1.29, 1.82) is 0 Å². The van der Waals surface area contributed by atoms with Gasteiger partial charge in [-0.2, -0.15) is 0 Å². The van der Waals surface area contributed by atoms with Gasteiger partial charge in [0.1, 0.15) is 0 Å². The number of fused-ring (bicyclic) bond motifs is 1. The van der Waals surface area contributed by atoms with Gasteiger partial charge in [-0.05, 0) is 54.6 Å². The van der Waals surface area contributed by atoms with Gasteiger partial charge in [0.25, 0.3) is 11.8 Å². The summed E-state index contributed by atoms with van der Waals surface area (Å²) in [6.07, 6.45) is 1.43. The molecule has 9 heteroatoms. The molecule has 8 nitrogen and oxygen atoms in total. The van der Waals surface area contributed by atoms with E-state index in [1.54, 1.807) is 36.4 Å². The maximum Gasteiger partial charge on any atom is 0.291 e. The summed E-state index contributed by atoms with van der Waals surface area (Å²) in [5.74, 6) is 0.937. The summed E-state index contributed by atoms with van der Waals surface area (Å²) < 4.78 is 15.8. The summed E-state index contributed by atoms with van der Waals surface area (Å²) in [7, 11) is 0. The number of benzene rings is 2. The highest BCUT2D eigenvalue weighted by Gasteiger charge is 2.16. The maximum absolute atomic E-state index is 12.6. The highest BCUT2D eigenvalue weighted by atomic mass is 32.1. The molecule has 2 aromatic heterocycles. The molecule has 1 aliphatic heterocycles. The average molecular weight is 433 g/mol. The predicted octanol–water partition coefficient (Wildman–Crippen LogP) is 4.64. The number of hydrogen-bond donors (Lipinski definition) is 2. The van der Waals surface area contributed by atoms with Crippen LogP contribution in [0.1, 0.15) is 20.9 Å². The average Bonchev–Trinajstić information content (AvgIpc) is 3.55. The monoisotopic (exact) mass is 433 g/mol. The molecule has 0 fully saturated rings. The Bertz CT molecular complexity index is 1250. The van der Waals surface area contributed by atoms with Crippen molar-refractivity contribution in [3.05, 3.63) is 77.6 Å². The Morgan fingerprint density at radius 1 is 0.935 bits per heavy atom. The second-order valence-electron chi connectivity index (χ2n) is 6.57. The fourth-order valence-corrected chi connectivity index (χ4v) is 3.71. The molecule has 0 bridgehead atoms. The van der Waals surface area contributed by atoms with Gasteiger partial charge in [0, 0.05) is 22.2 Å². The first-order chi connectivity index (χ1) is 15.2. The van der Waals surface area contributed by atoms with Gasteiger partial charge < -0.3 is 19.2 Å². The summed E-state index contributed by atoms with van der Waals surface area (Å²) in [4.78, 5) is 29.0. The Balaban J connectivity index is 1.24. The van der Waals surface area contributed by atoms with Crippen LogP contribution in [0.2, 0.25) is 0 Å². The number of nitrogens with one attached hydrogen (secondary N) is 2. The fourth-order valence-electron chi connectivity index (χ4n) is 2.99. The summed E-state index contributed by atoms with van der Waals surface area (Å²) >= 11 is 1.33. The van der Waals surface area contributed by atoms with Gasteiger partial charge >= 0.3 is 0 Å². The molecule has 2 amide bonds. The van der Waals surface area contributed by atoms with Crippen LogP contribution in [-0.4, -0.2) is 23.6 Å². The molecule has 0 aliphatic carbocycles. The molecular weight excluding hydrogens is 418 g/mol. The van der Waals surface area contributed by atoms with Gasteiger partial charge in [0.05, 0.1) is 12.0 Å². The second-order valence-corrected chi connectivity index (χ2v) is 7.43. The first-order valence-corrected chi connectivity index (χ1v) is 10.2. The minimum absolute atomic E-state index is 0.211. The van der Waals surface area contributed by atoms with Crippen molar-refractivity contribution >= 4 is 34.0 Å². The van der Waals surface area contributed by atoms with Gasteiger partial charge in [-0.1, -0.05) is 0 Å². The third kappa shape index (κ3) is 3.99. The zero-order valence-electron chi connectivity index (χ0n) is 16.0. The summed E-state index contributed by atoms with van der Waals surface area (Å²) in [6, 6.07) is 15.3. The van der Waals surface area contributed by atoms with Crippen LogP contribution in [0.15, 0.2) is 70.7 Å². The van der Waals surface area contributed by atoms with E-state index in [9.17, 15) is 9.59 Å². The first kappa shape index (κ1) is 18.9. The number of thiazole rings is 1. The lowest BCUT2D eigenvalue weighted by molar-refractivity contribution is 0.0995. The number of furan rings is 1. The van der Waals surface area contributed by atoms with Crippen LogP contribution < -0.4 is 20.1 Å². The van der Waals surface area contributed by atoms with Crippen molar-refractivity contribution in [1.82, 2.24) is 4.98 Å². The van der Waals surface area contributed by atoms with E-state index in [0.717, 1.165) is 11.3 Å². The lowest BCUT2D eigenvalue weighted by Gasteiger charge is -2.05. The normalized spacial score (nSPS) is 11.9. The van der Waals surface area contributed by atoms with Gasteiger partial charge in [0.2, 0.25) is 6.79 Å². The highest BCUT2D eigenvalue weighted by molar-refractivity contribution is 7.14. The van der Waals surface area contributed by atoms with E-state index in [-0.39, 0.29) is 24.4 Å². The van der Waals surface area contributed by atoms with Crippen molar-refractivity contribution in [2.75, 3.05) is 17.4 Å². The number of carbonyl (C=O) groups excluding carboxylic acids is 2. The van der Waals surface area contributed by atoms with Crippen molar-refractivity contribution in [2.45, 2.75) is 0 Å². The number of aromatic nitrogens is 1. The van der Waals surface area contributed by atoms with Crippen LogP contribution >= 0.6 is 11.3 Å². The molecule has 2 N–H and O–H groups in total. The SMILES string of the molecule is O=C(Nc1nc(-c2ccc3c(c2)OCO3)cs1)c1ccc(NC(=O)c2ccco2)cc1. The first-order valence-electron chi connectivity index (χ1n) is 9.27. The minimum Gasteiger partial charge on any atom is -0.459 e. The predicted molar refractivity (Wildman–Crippen MR) is 115 cm³/mol. The molecule has 154 valence electrons. The summed E-state index contributed by atoms with van der Waals surface area (Å²) in [6.45, 7) is 0.211. The van der Waals surface area contributed by atoms with Crippen LogP contribution in [0.4, 0.5) is 10.8 Å².